The van der Waals surface area contributed by atoms with E-state index >= 15 is 0 Å². The van der Waals surface area contributed by atoms with Crippen molar-refractivity contribution in [1.82, 2.24) is 14.8 Å². The molecule has 1 amide bonds. The average Bonchev–Trinajstić information content (AvgIpc) is 3.43. The van der Waals surface area contributed by atoms with Crippen LogP contribution in [0.4, 0.5) is 4.39 Å². The van der Waals surface area contributed by atoms with Gasteiger partial charge in [-0.3, -0.25) is 9.69 Å². The van der Waals surface area contributed by atoms with Crippen LogP contribution in [0.3, 0.4) is 0 Å². The van der Waals surface area contributed by atoms with Gasteiger partial charge in [0.15, 0.2) is 0 Å². The molecule has 0 spiro atoms. The molecular formula is C23H22FN3O2S. The van der Waals surface area contributed by atoms with E-state index in [0.29, 0.717) is 19.7 Å². The summed E-state index contributed by atoms with van der Waals surface area (Å²) >= 11 is 1.57. The van der Waals surface area contributed by atoms with E-state index in [-0.39, 0.29) is 11.7 Å². The van der Waals surface area contributed by atoms with Crippen molar-refractivity contribution in [2.75, 3.05) is 32.8 Å². The highest BCUT2D eigenvalue weighted by molar-refractivity contribution is 7.13. The molecule has 1 fully saturated rings. The van der Waals surface area contributed by atoms with Gasteiger partial charge in [0.1, 0.15) is 16.6 Å². The molecule has 3 heterocycles. The van der Waals surface area contributed by atoms with Crippen LogP contribution in [0.2, 0.25) is 0 Å². The number of benzene rings is 2. The van der Waals surface area contributed by atoms with E-state index in [2.05, 4.69) is 10.3 Å². The predicted molar refractivity (Wildman–Crippen MR) is 114 cm³/mol. The lowest BCUT2D eigenvalue weighted by Gasteiger charge is -2.34. The Morgan fingerprint density at radius 3 is 2.70 bits per heavy atom. The Hall–Kier alpha value is -2.77. The van der Waals surface area contributed by atoms with Crippen molar-refractivity contribution < 1.29 is 13.9 Å². The van der Waals surface area contributed by atoms with Crippen molar-refractivity contribution in [2.24, 2.45) is 0 Å². The quantitative estimate of drug-likeness (QED) is 0.640. The Balaban J connectivity index is 1.17. The number of hydrogen-bond donors (Lipinski definition) is 0. The van der Waals surface area contributed by atoms with E-state index in [1.807, 2.05) is 23.1 Å². The van der Waals surface area contributed by atoms with Crippen molar-refractivity contribution in [1.29, 1.82) is 0 Å². The molecule has 1 aromatic heterocycles. The van der Waals surface area contributed by atoms with Gasteiger partial charge in [-0.25, -0.2) is 9.37 Å². The number of halogens is 1. The van der Waals surface area contributed by atoms with Gasteiger partial charge < -0.3 is 9.64 Å². The molecule has 154 valence electrons. The second-order valence-corrected chi connectivity index (χ2v) is 8.50. The van der Waals surface area contributed by atoms with E-state index in [9.17, 15) is 9.18 Å². The average molecular weight is 424 g/mol. The lowest BCUT2D eigenvalue weighted by molar-refractivity contribution is 0.0627. The number of nitrogens with zero attached hydrogens (tertiary/aromatic N) is 3. The number of piperazine rings is 1. The molecule has 30 heavy (non-hydrogen) atoms. The maximum atomic E-state index is 13.1. The molecule has 5 rings (SSSR count). The van der Waals surface area contributed by atoms with Gasteiger partial charge >= 0.3 is 0 Å². The fourth-order valence-electron chi connectivity index (χ4n) is 3.95. The number of hydrogen-bond acceptors (Lipinski definition) is 5. The Labute approximate surface area is 178 Å². The lowest BCUT2D eigenvalue weighted by Crippen LogP contribution is -2.48. The molecule has 0 N–H and O–H groups in total. The topological polar surface area (TPSA) is 45.7 Å². The number of ether oxygens (including phenoxy) is 1. The van der Waals surface area contributed by atoms with Gasteiger partial charge in [0.2, 0.25) is 0 Å². The number of carbonyl (C=O) groups is 1. The number of carbonyl (C=O) groups excluding carboxylic acids is 1. The highest BCUT2D eigenvalue weighted by Gasteiger charge is 2.24. The van der Waals surface area contributed by atoms with Gasteiger partial charge in [0.25, 0.3) is 5.91 Å². The first kappa shape index (κ1) is 19.2. The fraction of sp³-hybridized carbons (Fsp3) is 0.304. The Bertz CT molecular complexity index is 1060. The molecule has 0 radical (unpaired) electrons. The third-order valence-corrected chi connectivity index (χ3v) is 6.56. The standard InChI is InChI=1S/C23H22FN3O2S/c24-19-4-1-16(2-5-19)22-25-20(15-30-22)14-26-8-10-27(11-9-26)23(28)18-3-6-21-17(13-18)7-12-29-21/h1-6,13,15H,7-12,14H2. The van der Waals surface area contributed by atoms with Crippen LogP contribution in [0, 0.1) is 5.82 Å². The summed E-state index contributed by atoms with van der Waals surface area (Å²) in [6, 6.07) is 12.2. The van der Waals surface area contributed by atoms with Crippen molar-refractivity contribution in [3.63, 3.8) is 0 Å². The molecule has 1 saturated heterocycles. The van der Waals surface area contributed by atoms with E-state index in [1.165, 1.54) is 12.1 Å². The molecule has 2 aromatic carbocycles. The van der Waals surface area contributed by atoms with E-state index in [0.717, 1.165) is 59.2 Å². The summed E-state index contributed by atoms with van der Waals surface area (Å²) in [5.74, 6) is 0.757. The van der Waals surface area contributed by atoms with Crippen molar-refractivity contribution in [3.05, 3.63) is 70.5 Å². The largest absolute Gasteiger partial charge is 0.493 e. The van der Waals surface area contributed by atoms with E-state index < -0.39 is 0 Å². The third kappa shape index (κ3) is 3.95. The molecule has 0 saturated carbocycles. The summed E-state index contributed by atoms with van der Waals surface area (Å²) in [4.78, 5) is 21.8. The van der Waals surface area contributed by atoms with Gasteiger partial charge in [0, 0.05) is 55.7 Å². The first-order valence-electron chi connectivity index (χ1n) is 10.1. The summed E-state index contributed by atoms with van der Waals surface area (Å²) in [5, 5.41) is 2.96. The van der Waals surface area contributed by atoms with Gasteiger partial charge in [-0.1, -0.05) is 0 Å². The second-order valence-electron chi connectivity index (χ2n) is 7.64. The number of aromatic nitrogens is 1. The molecule has 0 unspecified atom stereocenters. The van der Waals surface area contributed by atoms with Crippen LogP contribution in [0.1, 0.15) is 21.6 Å². The molecule has 5 nitrogen and oxygen atoms in total. The van der Waals surface area contributed by atoms with Crippen LogP contribution < -0.4 is 4.74 Å². The molecule has 0 aliphatic carbocycles. The number of fused-ring (bicyclic) bond motifs is 1. The minimum absolute atomic E-state index is 0.0941. The van der Waals surface area contributed by atoms with Gasteiger partial charge in [0.05, 0.1) is 12.3 Å². The highest BCUT2D eigenvalue weighted by atomic mass is 32.1. The molecule has 2 aliphatic rings. The van der Waals surface area contributed by atoms with Crippen LogP contribution in [0.15, 0.2) is 47.8 Å². The van der Waals surface area contributed by atoms with Crippen LogP contribution in [-0.2, 0) is 13.0 Å². The smallest absolute Gasteiger partial charge is 0.253 e. The summed E-state index contributed by atoms with van der Waals surface area (Å²) in [5.41, 5.74) is 3.82. The van der Waals surface area contributed by atoms with Crippen molar-refractivity contribution in [2.45, 2.75) is 13.0 Å². The van der Waals surface area contributed by atoms with Gasteiger partial charge in [-0.05, 0) is 48.0 Å². The Morgan fingerprint density at radius 1 is 1.10 bits per heavy atom. The molecular weight excluding hydrogens is 401 g/mol. The zero-order valence-electron chi connectivity index (χ0n) is 16.5. The maximum absolute atomic E-state index is 13.1. The zero-order chi connectivity index (χ0) is 20.5. The van der Waals surface area contributed by atoms with Gasteiger partial charge in [-0.2, -0.15) is 0 Å². The fourth-order valence-corrected chi connectivity index (χ4v) is 4.76. The van der Waals surface area contributed by atoms with Crippen LogP contribution >= 0.6 is 11.3 Å². The number of rotatable bonds is 4. The first-order chi connectivity index (χ1) is 14.7. The van der Waals surface area contributed by atoms with Crippen LogP contribution in [0.25, 0.3) is 10.6 Å². The molecule has 3 aromatic rings. The maximum Gasteiger partial charge on any atom is 0.253 e. The molecule has 0 bridgehead atoms. The summed E-state index contributed by atoms with van der Waals surface area (Å²) in [7, 11) is 0. The second kappa shape index (κ2) is 8.16. The van der Waals surface area contributed by atoms with E-state index in [1.54, 1.807) is 23.5 Å². The SMILES string of the molecule is O=C(c1ccc2c(c1)CCO2)N1CCN(Cc2csc(-c3ccc(F)cc3)n2)CC1. The summed E-state index contributed by atoms with van der Waals surface area (Å²) < 4.78 is 18.6. The zero-order valence-corrected chi connectivity index (χ0v) is 17.3. The minimum Gasteiger partial charge on any atom is -0.493 e. The monoisotopic (exact) mass is 423 g/mol. The number of thiazole rings is 1. The third-order valence-electron chi connectivity index (χ3n) is 5.62. The van der Waals surface area contributed by atoms with Crippen LogP contribution in [0.5, 0.6) is 5.75 Å². The predicted octanol–water partition coefficient (Wildman–Crippen LogP) is 3.84. The Kier molecular flexibility index (Phi) is 5.23. The first-order valence-corrected chi connectivity index (χ1v) is 11.0. The highest BCUT2D eigenvalue weighted by Crippen LogP contribution is 2.27. The molecule has 2 aliphatic heterocycles. The van der Waals surface area contributed by atoms with E-state index in [4.69, 9.17) is 9.72 Å². The molecule has 0 atom stereocenters. The normalized spacial score (nSPS) is 16.4. The summed E-state index contributed by atoms with van der Waals surface area (Å²) in [6.07, 6.45) is 0.873. The number of amides is 1. The van der Waals surface area contributed by atoms with Crippen molar-refractivity contribution in [3.8, 4) is 16.3 Å². The van der Waals surface area contributed by atoms with Crippen LogP contribution in [-0.4, -0.2) is 53.5 Å². The van der Waals surface area contributed by atoms with Crippen molar-refractivity contribution >= 4 is 17.2 Å². The lowest BCUT2D eigenvalue weighted by atomic mass is 10.1. The Morgan fingerprint density at radius 2 is 1.90 bits per heavy atom. The molecule has 7 heteroatoms. The summed E-state index contributed by atoms with van der Waals surface area (Å²) in [6.45, 7) is 4.52. The van der Waals surface area contributed by atoms with Gasteiger partial charge in [-0.15, -0.1) is 11.3 Å². The minimum atomic E-state index is -0.240.